The molecule has 5 heteroatoms. The molecule has 1 heterocycles. The molecule has 0 radical (unpaired) electrons. The molecule has 96 valence electrons. The van der Waals surface area contributed by atoms with E-state index in [4.69, 9.17) is 11.6 Å². The molecule has 0 amide bonds. The molecule has 0 spiro atoms. The van der Waals surface area contributed by atoms with Crippen molar-refractivity contribution in [1.82, 2.24) is 9.78 Å². The molecule has 0 atom stereocenters. The van der Waals surface area contributed by atoms with E-state index in [2.05, 4.69) is 12.0 Å². The molecule has 0 aliphatic carbocycles. The molecule has 0 aromatic carbocycles. The van der Waals surface area contributed by atoms with Crippen LogP contribution in [0.4, 0.5) is 5.69 Å². The van der Waals surface area contributed by atoms with Gasteiger partial charge >= 0.3 is 0 Å². The number of unbranched alkanes of at least 4 members (excludes halogenated alkanes) is 1. The highest BCUT2D eigenvalue weighted by molar-refractivity contribution is 6.17. The summed E-state index contributed by atoms with van der Waals surface area (Å²) in [6.07, 6.45) is 4.60. The molecular weight excluding hydrogens is 238 g/mol. The molecule has 0 bridgehead atoms. The largest absolute Gasteiger partial charge is 0.373 e. The third-order valence-corrected chi connectivity index (χ3v) is 2.88. The summed E-state index contributed by atoms with van der Waals surface area (Å²) in [5.41, 5.74) is 0.838. The second-order valence-corrected chi connectivity index (χ2v) is 4.47. The highest BCUT2D eigenvalue weighted by Gasteiger charge is 2.03. The number of aromatic nitrogens is 2. The van der Waals surface area contributed by atoms with Crippen LogP contribution in [-0.4, -0.2) is 29.3 Å². The van der Waals surface area contributed by atoms with Gasteiger partial charge in [-0.2, -0.15) is 5.10 Å². The Hall–Kier alpha value is -1.03. The Morgan fingerprint density at radius 3 is 2.82 bits per heavy atom. The fourth-order valence-corrected chi connectivity index (χ4v) is 1.81. The second kappa shape index (κ2) is 7.33. The third-order valence-electron chi connectivity index (χ3n) is 2.61. The fourth-order valence-electron chi connectivity index (χ4n) is 1.62. The molecule has 1 rings (SSSR count). The van der Waals surface area contributed by atoms with E-state index < -0.39 is 0 Å². The van der Waals surface area contributed by atoms with E-state index >= 15 is 0 Å². The normalized spacial score (nSPS) is 10.5. The number of hydrogen-bond acceptors (Lipinski definition) is 3. The molecule has 1 aromatic heterocycles. The van der Waals surface area contributed by atoms with Crippen LogP contribution in [0.15, 0.2) is 17.1 Å². The summed E-state index contributed by atoms with van der Waals surface area (Å²) in [5, 5.41) is 4.17. The average Bonchev–Trinajstić information content (AvgIpc) is 2.31. The molecule has 17 heavy (non-hydrogen) atoms. The molecule has 0 saturated heterocycles. The molecule has 0 fully saturated rings. The van der Waals surface area contributed by atoms with Gasteiger partial charge in [-0.05, 0) is 19.3 Å². The zero-order chi connectivity index (χ0) is 12.7. The molecular formula is C12H20ClN3O. The maximum Gasteiger partial charge on any atom is 0.268 e. The average molecular weight is 258 g/mol. The summed E-state index contributed by atoms with van der Waals surface area (Å²) in [5.74, 6) is 0.631. The van der Waals surface area contributed by atoms with Gasteiger partial charge in [-0.15, -0.1) is 11.6 Å². The van der Waals surface area contributed by atoms with Crippen LogP contribution in [0, 0.1) is 0 Å². The van der Waals surface area contributed by atoms with Crippen molar-refractivity contribution >= 4 is 17.3 Å². The minimum Gasteiger partial charge on any atom is -0.373 e. The van der Waals surface area contributed by atoms with Crippen LogP contribution in [0.25, 0.3) is 0 Å². The van der Waals surface area contributed by atoms with Crippen LogP contribution < -0.4 is 10.5 Å². The number of halogens is 1. The minimum atomic E-state index is -0.0416. The Morgan fingerprint density at radius 1 is 1.47 bits per heavy atom. The Morgan fingerprint density at radius 2 is 2.24 bits per heavy atom. The van der Waals surface area contributed by atoms with E-state index in [0.717, 1.165) is 31.5 Å². The number of aryl methyl sites for hydroxylation is 1. The van der Waals surface area contributed by atoms with Gasteiger partial charge in [-0.25, -0.2) is 4.68 Å². The Balaban J connectivity index is 2.69. The van der Waals surface area contributed by atoms with Crippen LogP contribution >= 0.6 is 11.6 Å². The zero-order valence-corrected chi connectivity index (χ0v) is 11.3. The van der Waals surface area contributed by atoms with Crippen LogP contribution in [0.1, 0.15) is 26.2 Å². The van der Waals surface area contributed by atoms with Gasteiger partial charge in [0, 0.05) is 32.1 Å². The maximum absolute atomic E-state index is 11.8. The smallest absolute Gasteiger partial charge is 0.268 e. The summed E-state index contributed by atoms with van der Waals surface area (Å²) < 4.78 is 1.50. The summed E-state index contributed by atoms with van der Waals surface area (Å²) in [4.78, 5) is 13.8. The molecule has 0 aliphatic rings. The van der Waals surface area contributed by atoms with Crippen molar-refractivity contribution in [2.24, 2.45) is 0 Å². The fraction of sp³-hybridized carbons (Fsp3) is 0.667. The van der Waals surface area contributed by atoms with Crippen molar-refractivity contribution in [2.45, 2.75) is 32.7 Å². The van der Waals surface area contributed by atoms with Gasteiger partial charge in [-0.1, -0.05) is 6.92 Å². The SMILES string of the molecule is CCCN(C)c1cnn(CCCCCl)c(=O)c1. The van der Waals surface area contributed by atoms with Crippen molar-refractivity contribution in [3.8, 4) is 0 Å². The number of anilines is 1. The molecule has 0 aliphatic heterocycles. The first-order valence-corrected chi connectivity index (χ1v) is 6.56. The van der Waals surface area contributed by atoms with Gasteiger partial charge in [0.15, 0.2) is 0 Å². The lowest BCUT2D eigenvalue weighted by Gasteiger charge is -2.17. The van der Waals surface area contributed by atoms with E-state index in [0.29, 0.717) is 12.4 Å². The van der Waals surface area contributed by atoms with Gasteiger partial charge < -0.3 is 4.90 Å². The second-order valence-electron chi connectivity index (χ2n) is 4.09. The van der Waals surface area contributed by atoms with Crippen molar-refractivity contribution in [3.05, 3.63) is 22.6 Å². The molecule has 1 aromatic rings. The Labute approximate surface area is 107 Å². The lowest BCUT2D eigenvalue weighted by atomic mass is 10.3. The van der Waals surface area contributed by atoms with Gasteiger partial charge in [0.05, 0.1) is 11.9 Å². The van der Waals surface area contributed by atoms with Crippen LogP contribution in [0.3, 0.4) is 0 Å². The first kappa shape index (κ1) is 14.0. The molecule has 0 unspecified atom stereocenters. The van der Waals surface area contributed by atoms with E-state index in [1.54, 1.807) is 12.3 Å². The highest BCUT2D eigenvalue weighted by atomic mass is 35.5. The van der Waals surface area contributed by atoms with Crippen LogP contribution in [0.2, 0.25) is 0 Å². The van der Waals surface area contributed by atoms with Gasteiger partial charge in [0.25, 0.3) is 5.56 Å². The first-order valence-electron chi connectivity index (χ1n) is 6.03. The van der Waals surface area contributed by atoms with Crippen LogP contribution in [-0.2, 0) is 6.54 Å². The topological polar surface area (TPSA) is 38.1 Å². The third kappa shape index (κ3) is 4.38. The minimum absolute atomic E-state index is 0.0416. The van der Waals surface area contributed by atoms with Gasteiger partial charge in [0.1, 0.15) is 0 Å². The molecule has 0 N–H and O–H groups in total. The van der Waals surface area contributed by atoms with Crippen molar-refractivity contribution in [2.75, 3.05) is 24.4 Å². The lowest BCUT2D eigenvalue weighted by Crippen LogP contribution is -2.26. The lowest BCUT2D eigenvalue weighted by molar-refractivity contribution is 0.543. The maximum atomic E-state index is 11.8. The first-order chi connectivity index (χ1) is 8.19. The summed E-state index contributed by atoms with van der Waals surface area (Å²) >= 11 is 5.59. The highest BCUT2D eigenvalue weighted by Crippen LogP contribution is 2.07. The standard InChI is InChI=1S/C12H20ClN3O/c1-3-7-15(2)11-9-12(17)16(14-10-11)8-5-4-6-13/h9-10H,3-8H2,1-2H3. The van der Waals surface area contributed by atoms with E-state index in [1.807, 2.05) is 11.9 Å². The van der Waals surface area contributed by atoms with Crippen LogP contribution in [0.5, 0.6) is 0 Å². The number of nitrogens with zero attached hydrogens (tertiary/aromatic N) is 3. The van der Waals surface area contributed by atoms with Crippen molar-refractivity contribution in [1.29, 1.82) is 0 Å². The number of alkyl halides is 1. The zero-order valence-electron chi connectivity index (χ0n) is 10.5. The van der Waals surface area contributed by atoms with E-state index in [1.165, 1.54) is 4.68 Å². The van der Waals surface area contributed by atoms with E-state index in [-0.39, 0.29) is 5.56 Å². The number of rotatable bonds is 7. The van der Waals surface area contributed by atoms with E-state index in [9.17, 15) is 4.79 Å². The Bertz CT molecular complexity index is 392. The summed E-state index contributed by atoms with van der Waals surface area (Å²) in [6.45, 7) is 3.68. The number of hydrogen-bond donors (Lipinski definition) is 0. The van der Waals surface area contributed by atoms with Crippen molar-refractivity contribution < 1.29 is 0 Å². The summed E-state index contributed by atoms with van der Waals surface area (Å²) in [6, 6.07) is 1.64. The van der Waals surface area contributed by atoms with Gasteiger partial charge in [-0.3, -0.25) is 4.79 Å². The Kier molecular flexibility index (Phi) is 6.05. The quantitative estimate of drug-likeness (QED) is 0.555. The molecule has 0 saturated carbocycles. The predicted octanol–water partition coefficient (Wildman–Crippen LogP) is 2.11. The summed E-state index contributed by atoms with van der Waals surface area (Å²) in [7, 11) is 1.97. The monoisotopic (exact) mass is 257 g/mol. The predicted molar refractivity (Wildman–Crippen MR) is 72.0 cm³/mol. The molecule has 4 nitrogen and oxygen atoms in total. The van der Waals surface area contributed by atoms with Crippen molar-refractivity contribution in [3.63, 3.8) is 0 Å². The van der Waals surface area contributed by atoms with Gasteiger partial charge in [0.2, 0.25) is 0 Å².